The van der Waals surface area contributed by atoms with Crippen LogP contribution in [-0.2, 0) is 11.8 Å². The second-order valence-corrected chi connectivity index (χ2v) is 8.13. The maximum atomic E-state index is 6.74. The third kappa shape index (κ3) is 2.48. The second-order valence-electron chi connectivity index (χ2n) is 8.13. The Morgan fingerprint density at radius 1 is 1.14 bits per heavy atom. The standard InChI is InChI=1S/C19H29NO/c1-18(2)8-7-14-11-13-5-6-15(21-4)12-16(13)19(3,10-9-18)17(14)20/h5-6,12,14,17H,7-11,20H2,1-4H3. The quantitative estimate of drug-likeness (QED) is 0.845. The number of ether oxygens (including phenoxy) is 1. The number of methoxy groups -OCH3 is 1. The summed E-state index contributed by atoms with van der Waals surface area (Å²) in [5.41, 5.74) is 10.2. The molecule has 3 unspecified atom stereocenters. The zero-order chi connectivity index (χ0) is 15.3. The Bertz CT molecular complexity index is 536. The van der Waals surface area contributed by atoms with Gasteiger partial charge in [-0.25, -0.2) is 0 Å². The molecule has 2 heteroatoms. The lowest BCUT2D eigenvalue weighted by atomic mass is 9.57. The van der Waals surface area contributed by atoms with Crippen LogP contribution < -0.4 is 10.5 Å². The van der Waals surface area contributed by atoms with Gasteiger partial charge in [0.25, 0.3) is 0 Å². The summed E-state index contributed by atoms with van der Waals surface area (Å²) in [5, 5.41) is 0. The van der Waals surface area contributed by atoms with Crippen molar-refractivity contribution in [1.82, 2.24) is 0 Å². The van der Waals surface area contributed by atoms with E-state index in [1.54, 1.807) is 7.11 Å². The van der Waals surface area contributed by atoms with Crippen LogP contribution in [0.3, 0.4) is 0 Å². The molecule has 3 rings (SSSR count). The molecule has 2 nitrogen and oxygen atoms in total. The van der Waals surface area contributed by atoms with Crippen LogP contribution in [0.25, 0.3) is 0 Å². The SMILES string of the molecule is COc1ccc2c(c1)C1(C)CCC(C)(C)CCC(C2)C1N. The summed E-state index contributed by atoms with van der Waals surface area (Å²) in [7, 11) is 1.75. The molecule has 0 spiro atoms. The van der Waals surface area contributed by atoms with Gasteiger partial charge in [-0.05, 0) is 66.7 Å². The predicted molar refractivity (Wildman–Crippen MR) is 87.8 cm³/mol. The fourth-order valence-corrected chi connectivity index (χ4v) is 4.38. The minimum absolute atomic E-state index is 0.0878. The van der Waals surface area contributed by atoms with Gasteiger partial charge in [0.2, 0.25) is 0 Å². The van der Waals surface area contributed by atoms with Gasteiger partial charge in [-0.1, -0.05) is 26.8 Å². The zero-order valence-corrected chi connectivity index (χ0v) is 13.9. The van der Waals surface area contributed by atoms with Crippen molar-refractivity contribution >= 4 is 0 Å². The molecule has 0 aromatic heterocycles. The third-order valence-electron chi connectivity index (χ3n) is 6.17. The van der Waals surface area contributed by atoms with Crippen molar-refractivity contribution in [3.8, 4) is 5.75 Å². The summed E-state index contributed by atoms with van der Waals surface area (Å²) < 4.78 is 5.45. The minimum atomic E-state index is 0.0878. The van der Waals surface area contributed by atoms with E-state index in [1.807, 2.05) is 0 Å². The molecule has 116 valence electrons. The van der Waals surface area contributed by atoms with Crippen LogP contribution in [0.15, 0.2) is 18.2 Å². The molecule has 0 aliphatic heterocycles. The maximum Gasteiger partial charge on any atom is 0.119 e. The first-order valence-corrected chi connectivity index (χ1v) is 8.29. The van der Waals surface area contributed by atoms with Crippen LogP contribution in [0.1, 0.15) is 57.6 Å². The summed E-state index contributed by atoms with van der Waals surface area (Å²) in [4.78, 5) is 0. The lowest BCUT2D eigenvalue weighted by Gasteiger charge is -2.49. The largest absolute Gasteiger partial charge is 0.497 e. The Kier molecular flexibility index (Phi) is 3.56. The third-order valence-corrected chi connectivity index (χ3v) is 6.17. The van der Waals surface area contributed by atoms with Gasteiger partial charge in [0.15, 0.2) is 0 Å². The van der Waals surface area contributed by atoms with Crippen LogP contribution in [0, 0.1) is 11.3 Å². The molecule has 3 atom stereocenters. The molecule has 0 amide bonds. The number of hydrogen-bond acceptors (Lipinski definition) is 2. The summed E-state index contributed by atoms with van der Waals surface area (Å²) in [6.45, 7) is 7.20. The first kappa shape index (κ1) is 14.9. The summed E-state index contributed by atoms with van der Waals surface area (Å²) in [6.07, 6.45) is 6.12. The van der Waals surface area contributed by atoms with E-state index < -0.39 is 0 Å². The van der Waals surface area contributed by atoms with Crippen molar-refractivity contribution in [2.24, 2.45) is 17.1 Å². The molecule has 1 saturated carbocycles. The number of fused-ring (bicyclic) bond motifs is 4. The van der Waals surface area contributed by atoms with Crippen molar-refractivity contribution in [3.63, 3.8) is 0 Å². The van der Waals surface area contributed by atoms with Gasteiger partial charge < -0.3 is 10.5 Å². The highest BCUT2D eigenvalue weighted by atomic mass is 16.5. The normalized spacial score (nSPS) is 34.5. The number of nitrogens with two attached hydrogens (primary N) is 1. The van der Waals surface area contributed by atoms with Crippen LogP contribution in [0.5, 0.6) is 5.75 Å². The Morgan fingerprint density at radius 2 is 1.90 bits per heavy atom. The highest BCUT2D eigenvalue weighted by Crippen LogP contribution is 2.49. The first-order valence-electron chi connectivity index (χ1n) is 8.29. The summed E-state index contributed by atoms with van der Waals surface area (Å²) in [5.74, 6) is 1.58. The Labute approximate surface area is 129 Å². The van der Waals surface area contributed by atoms with Gasteiger partial charge in [0.05, 0.1) is 7.11 Å². The van der Waals surface area contributed by atoms with Crippen LogP contribution in [0.2, 0.25) is 0 Å². The van der Waals surface area contributed by atoms with Gasteiger partial charge in [0, 0.05) is 11.5 Å². The van der Waals surface area contributed by atoms with Crippen LogP contribution in [0.4, 0.5) is 0 Å². The summed E-state index contributed by atoms with van der Waals surface area (Å²) >= 11 is 0. The monoisotopic (exact) mass is 287 g/mol. The lowest BCUT2D eigenvalue weighted by Crippen LogP contribution is -2.53. The van der Waals surface area contributed by atoms with Crippen molar-refractivity contribution in [2.75, 3.05) is 7.11 Å². The van der Waals surface area contributed by atoms with Crippen molar-refractivity contribution in [3.05, 3.63) is 29.3 Å². The molecule has 2 aliphatic carbocycles. The van der Waals surface area contributed by atoms with Gasteiger partial charge >= 0.3 is 0 Å². The predicted octanol–water partition coefficient (Wildman–Crippen LogP) is 4.05. The topological polar surface area (TPSA) is 35.2 Å². The number of rotatable bonds is 1. The molecule has 2 bridgehead atoms. The lowest BCUT2D eigenvalue weighted by molar-refractivity contribution is 0.140. The molecule has 1 aromatic carbocycles. The molecule has 1 fully saturated rings. The highest BCUT2D eigenvalue weighted by Gasteiger charge is 2.45. The number of benzene rings is 1. The Balaban J connectivity index is 2.07. The van der Waals surface area contributed by atoms with Crippen molar-refractivity contribution in [2.45, 2.75) is 64.3 Å². The summed E-state index contributed by atoms with van der Waals surface area (Å²) in [6, 6.07) is 6.87. The van der Waals surface area contributed by atoms with Crippen molar-refractivity contribution < 1.29 is 4.74 Å². The van der Waals surface area contributed by atoms with E-state index in [-0.39, 0.29) is 11.5 Å². The molecule has 0 radical (unpaired) electrons. The molecule has 0 saturated heterocycles. The molecular formula is C19H29NO. The molecule has 1 aromatic rings. The van der Waals surface area contributed by atoms with E-state index in [0.717, 1.165) is 12.2 Å². The van der Waals surface area contributed by atoms with Gasteiger partial charge in [-0.2, -0.15) is 0 Å². The van der Waals surface area contributed by atoms with E-state index >= 15 is 0 Å². The van der Waals surface area contributed by atoms with Crippen LogP contribution in [-0.4, -0.2) is 13.2 Å². The van der Waals surface area contributed by atoms with Crippen LogP contribution >= 0.6 is 0 Å². The zero-order valence-electron chi connectivity index (χ0n) is 13.9. The average molecular weight is 287 g/mol. The van der Waals surface area contributed by atoms with E-state index in [4.69, 9.17) is 10.5 Å². The average Bonchev–Trinajstić information content (AvgIpc) is 2.47. The molecule has 0 heterocycles. The molecular weight excluding hydrogens is 258 g/mol. The molecule has 21 heavy (non-hydrogen) atoms. The molecule has 2 aliphatic rings. The first-order chi connectivity index (χ1) is 9.86. The fraction of sp³-hybridized carbons (Fsp3) is 0.684. The van der Waals surface area contributed by atoms with E-state index in [9.17, 15) is 0 Å². The van der Waals surface area contributed by atoms with Gasteiger partial charge in [0.1, 0.15) is 5.75 Å². The van der Waals surface area contributed by atoms with Crippen molar-refractivity contribution in [1.29, 1.82) is 0 Å². The van der Waals surface area contributed by atoms with E-state index in [1.165, 1.54) is 36.8 Å². The van der Waals surface area contributed by atoms with E-state index in [0.29, 0.717) is 11.3 Å². The smallest absolute Gasteiger partial charge is 0.119 e. The number of hydrogen-bond donors (Lipinski definition) is 1. The molecule has 2 N–H and O–H groups in total. The Hall–Kier alpha value is -1.02. The van der Waals surface area contributed by atoms with Gasteiger partial charge in [-0.3, -0.25) is 0 Å². The fourth-order valence-electron chi connectivity index (χ4n) is 4.38. The maximum absolute atomic E-state index is 6.74. The Morgan fingerprint density at radius 3 is 2.62 bits per heavy atom. The highest BCUT2D eigenvalue weighted by molar-refractivity contribution is 5.44. The van der Waals surface area contributed by atoms with E-state index in [2.05, 4.69) is 39.0 Å². The van der Waals surface area contributed by atoms with Gasteiger partial charge in [-0.15, -0.1) is 0 Å². The second kappa shape index (κ2) is 5.01. The minimum Gasteiger partial charge on any atom is -0.497 e.